The number of halogens is 2. The van der Waals surface area contributed by atoms with Gasteiger partial charge in [0.25, 0.3) is 0 Å². The predicted octanol–water partition coefficient (Wildman–Crippen LogP) is -1.95. The van der Waals surface area contributed by atoms with E-state index in [-0.39, 0.29) is 70.1 Å². The van der Waals surface area contributed by atoms with E-state index in [1.165, 1.54) is 37.8 Å². The molecule has 0 aromatic heterocycles. The Balaban J connectivity index is -0.000000308. The third-order valence-electron chi connectivity index (χ3n) is 3.63. The van der Waals surface area contributed by atoms with E-state index in [2.05, 4.69) is 50.3 Å². The molecule has 2 rings (SSSR count). The molecule has 0 nitrogen and oxygen atoms in total. The molecule has 5 heteroatoms. The summed E-state index contributed by atoms with van der Waals surface area (Å²) >= 11 is 0. The molecule has 23 heavy (non-hydrogen) atoms. The molecular formula is C18H30Cl2Si2Zr. The van der Waals surface area contributed by atoms with Gasteiger partial charge in [0.2, 0.25) is 0 Å². The Bertz CT molecular complexity index is 341. The number of unbranched alkanes of at least 4 members (excludes halogenated alkanes) is 2. The maximum atomic E-state index is 3.38. The SMILES string of the molecule is CCCC[SiH2]C1=[C-]CC=C1.CCCC[SiH2]C1=[C-]CC=C1.[Cl-].[Cl-].[Zr+4]. The summed E-state index contributed by atoms with van der Waals surface area (Å²) in [5.41, 5.74) is 0. The van der Waals surface area contributed by atoms with Gasteiger partial charge in [-0.2, -0.15) is 12.2 Å². The topological polar surface area (TPSA) is 0 Å². The fourth-order valence-electron chi connectivity index (χ4n) is 2.37. The van der Waals surface area contributed by atoms with Crippen LogP contribution in [0.15, 0.2) is 34.7 Å². The van der Waals surface area contributed by atoms with E-state index in [4.69, 9.17) is 0 Å². The summed E-state index contributed by atoms with van der Waals surface area (Å²) in [7, 11) is 0.191. The third kappa shape index (κ3) is 16.1. The number of hydrogen-bond donors (Lipinski definition) is 0. The van der Waals surface area contributed by atoms with Crippen LogP contribution in [0.25, 0.3) is 0 Å². The zero-order chi connectivity index (χ0) is 14.5. The van der Waals surface area contributed by atoms with Crippen LogP contribution >= 0.6 is 0 Å². The molecule has 0 bridgehead atoms. The van der Waals surface area contributed by atoms with Gasteiger partial charge in [0.1, 0.15) is 0 Å². The van der Waals surface area contributed by atoms with Crippen LogP contribution in [0.2, 0.25) is 12.1 Å². The first-order chi connectivity index (χ1) is 9.86. The van der Waals surface area contributed by atoms with Crippen molar-refractivity contribution < 1.29 is 51.0 Å². The summed E-state index contributed by atoms with van der Waals surface area (Å²) in [6.45, 7) is 4.52. The van der Waals surface area contributed by atoms with Crippen LogP contribution in [0.4, 0.5) is 0 Å². The van der Waals surface area contributed by atoms with E-state index >= 15 is 0 Å². The van der Waals surface area contributed by atoms with Crippen LogP contribution in [0, 0.1) is 12.2 Å². The molecule has 0 unspecified atom stereocenters. The molecule has 0 heterocycles. The standard InChI is InChI=1S/2C9H15Si.2ClH.Zr/c2*1-2-3-8-10-9-6-4-5-7-9;;;/h2*4,6H,2-3,5,8,10H2,1H3;2*1H;/q2*-1;;;+4/p-2. The van der Waals surface area contributed by atoms with Crippen LogP contribution in [0.1, 0.15) is 52.4 Å². The van der Waals surface area contributed by atoms with Gasteiger partial charge >= 0.3 is 26.2 Å². The molecule has 0 atom stereocenters. The van der Waals surface area contributed by atoms with Crippen molar-refractivity contribution in [2.75, 3.05) is 0 Å². The summed E-state index contributed by atoms with van der Waals surface area (Å²) in [6, 6.07) is 2.95. The van der Waals surface area contributed by atoms with Crippen molar-refractivity contribution in [1.82, 2.24) is 0 Å². The molecule has 0 amide bonds. The van der Waals surface area contributed by atoms with Gasteiger partial charge in [-0.05, 0) is 0 Å². The third-order valence-corrected chi connectivity index (χ3v) is 7.39. The number of hydrogen-bond acceptors (Lipinski definition) is 0. The van der Waals surface area contributed by atoms with Crippen molar-refractivity contribution in [2.24, 2.45) is 0 Å². The molecule has 0 spiro atoms. The monoisotopic (exact) mass is 462 g/mol. The van der Waals surface area contributed by atoms with Crippen LogP contribution < -0.4 is 24.8 Å². The first kappa shape index (κ1) is 28.7. The fraction of sp³-hybridized carbons (Fsp3) is 0.556. The van der Waals surface area contributed by atoms with Gasteiger partial charge in [-0.25, -0.2) is 22.5 Å². The van der Waals surface area contributed by atoms with E-state index in [1.54, 1.807) is 10.4 Å². The summed E-state index contributed by atoms with van der Waals surface area (Å²) in [4.78, 5) is 0. The minimum atomic E-state index is 0. The van der Waals surface area contributed by atoms with Crippen LogP contribution in [-0.2, 0) is 26.2 Å². The minimum Gasteiger partial charge on any atom is -1.00 e. The van der Waals surface area contributed by atoms with Gasteiger partial charge in [0.15, 0.2) is 0 Å². The van der Waals surface area contributed by atoms with Crippen molar-refractivity contribution in [3.63, 3.8) is 0 Å². The van der Waals surface area contributed by atoms with Crippen molar-refractivity contribution >= 4 is 19.0 Å². The summed E-state index contributed by atoms with van der Waals surface area (Å²) < 4.78 is 0. The van der Waals surface area contributed by atoms with E-state index in [1.807, 2.05) is 0 Å². The van der Waals surface area contributed by atoms with Gasteiger partial charge in [0, 0.05) is 19.0 Å². The molecule has 0 aromatic rings. The molecule has 0 fully saturated rings. The minimum absolute atomic E-state index is 0. The molecule has 0 aromatic carbocycles. The predicted molar refractivity (Wildman–Crippen MR) is 97.5 cm³/mol. The molecule has 2 aliphatic rings. The fourth-order valence-corrected chi connectivity index (χ4v) is 5.95. The summed E-state index contributed by atoms with van der Waals surface area (Å²) in [6.07, 6.45) is 23.4. The maximum absolute atomic E-state index is 3.38. The Morgan fingerprint density at radius 2 is 1.22 bits per heavy atom. The van der Waals surface area contributed by atoms with Gasteiger partial charge in [0.05, 0.1) is 0 Å². The van der Waals surface area contributed by atoms with E-state index in [9.17, 15) is 0 Å². The average molecular weight is 465 g/mol. The smallest absolute Gasteiger partial charge is 1.00 e. The molecule has 0 saturated heterocycles. The number of rotatable bonds is 8. The summed E-state index contributed by atoms with van der Waals surface area (Å²) in [5.74, 6) is 0. The molecule has 0 aliphatic heterocycles. The normalized spacial score (nSPS) is 14.9. The molecule has 128 valence electrons. The molecule has 0 N–H and O–H groups in total. The second kappa shape index (κ2) is 20.9. The number of allylic oxidation sites excluding steroid dienone is 8. The van der Waals surface area contributed by atoms with Gasteiger partial charge < -0.3 is 24.8 Å². The Hall–Kier alpha value is 0.857. The first-order valence-corrected chi connectivity index (χ1v) is 11.8. The average Bonchev–Trinajstić information content (AvgIpc) is 3.13. The van der Waals surface area contributed by atoms with Crippen molar-refractivity contribution in [1.29, 1.82) is 0 Å². The molecule has 0 radical (unpaired) electrons. The van der Waals surface area contributed by atoms with E-state index in [0.717, 1.165) is 12.8 Å². The van der Waals surface area contributed by atoms with Crippen LogP contribution in [0.5, 0.6) is 0 Å². The summed E-state index contributed by atoms with van der Waals surface area (Å²) in [5, 5.41) is 3.13. The van der Waals surface area contributed by atoms with Crippen molar-refractivity contribution in [3.8, 4) is 0 Å². The zero-order valence-corrected chi connectivity index (χ0v) is 21.4. The first-order valence-electron chi connectivity index (χ1n) is 8.39. The zero-order valence-electron chi connectivity index (χ0n) is 14.6. The largest absolute Gasteiger partial charge is 4.00 e. The Morgan fingerprint density at radius 3 is 1.48 bits per heavy atom. The van der Waals surface area contributed by atoms with Crippen molar-refractivity contribution in [3.05, 3.63) is 46.8 Å². The van der Waals surface area contributed by atoms with E-state index in [0.29, 0.717) is 0 Å². The quantitative estimate of drug-likeness (QED) is 0.223. The molecule has 2 aliphatic carbocycles. The Morgan fingerprint density at radius 1 is 0.826 bits per heavy atom. The van der Waals surface area contributed by atoms with Crippen LogP contribution in [0.3, 0.4) is 0 Å². The van der Waals surface area contributed by atoms with Gasteiger partial charge in [-0.1, -0.05) is 51.6 Å². The molecule has 0 saturated carbocycles. The maximum Gasteiger partial charge on any atom is 4.00 e. The van der Waals surface area contributed by atoms with Gasteiger partial charge in [-0.3, -0.25) is 12.2 Å². The molecular weight excluding hydrogens is 434 g/mol. The van der Waals surface area contributed by atoms with Crippen LogP contribution in [-0.4, -0.2) is 19.0 Å². The second-order valence-electron chi connectivity index (χ2n) is 5.53. The Kier molecular flexibility index (Phi) is 26.0. The Labute approximate surface area is 180 Å². The van der Waals surface area contributed by atoms with Crippen molar-refractivity contribution in [2.45, 2.75) is 64.5 Å². The van der Waals surface area contributed by atoms with E-state index < -0.39 is 0 Å². The van der Waals surface area contributed by atoms with Gasteiger partial charge in [-0.15, -0.1) is 12.8 Å². The second-order valence-corrected chi connectivity index (χ2v) is 9.47.